The normalized spacial score (nSPS) is 11.0. The topological polar surface area (TPSA) is 72.2 Å². The molecule has 3 heterocycles. The molecule has 0 radical (unpaired) electrons. The number of benzene rings is 1. The Hall–Kier alpha value is -2.58. The molecule has 0 spiro atoms. The molecule has 0 aliphatic rings. The fraction of sp³-hybridized carbons (Fsp3) is 0.0667. The molecular weight excluding hydrogens is 330 g/mol. The summed E-state index contributed by atoms with van der Waals surface area (Å²) in [6.45, 7) is 1.96. The Morgan fingerprint density at radius 1 is 1.30 bits per heavy atom. The van der Waals surface area contributed by atoms with Gasteiger partial charge in [-0.25, -0.2) is 0 Å². The van der Waals surface area contributed by atoms with Crippen molar-refractivity contribution in [2.24, 2.45) is 0 Å². The number of rotatable bonds is 3. The van der Waals surface area contributed by atoms with Gasteiger partial charge in [-0.05, 0) is 30.0 Å². The number of fused-ring (bicyclic) bond motifs is 1. The quantitative estimate of drug-likeness (QED) is 0.619. The molecule has 0 bridgehead atoms. The molecule has 114 valence electrons. The van der Waals surface area contributed by atoms with E-state index in [0.29, 0.717) is 4.88 Å². The maximum atomic E-state index is 12.2. The van der Waals surface area contributed by atoms with Crippen molar-refractivity contribution < 1.29 is 4.79 Å². The zero-order valence-corrected chi connectivity index (χ0v) is 13.7. The second kappa shape index (κ2) is 5.56. The lowest BCUT2D eigenvalue weighted by Crippen LogP contribution is -2.11. The van der Waals surface area contributed by atoms with Gasteiger partial charge in [-0.3, -0.25) is 4.79 Å². The molecule has 0 saturated carbocycles. The van der Waals surface area contributed by atoms with Crippen molar-refractivity contribution in [3.05, 3.63) is 52.5 Å². The molecule has 3 aromatic heterocycles. The minimum atomic E-state index is -0.0987. The number of nitrogens with zero attached hydrogens (tertiary/aromatic N) is 4. The molecule has 0 unspecified atom stereocenters. The Morgan fingerprint density at radius 2 is 2.22 bits per heavy atom. The summed E-state index contributed by atoms with van der Waals surface area (Å²) >= 11 is 2.88. The first-order valence-corrected chi connectivity index (χ1v) is 8.53. The molecule has 0 fully saturated rings. The highest BCUT2D eigenvalue weighted by Gasteiger charge is 2.12. The molecule has 6 nitrogen and oxygen atoms in total. The average molecular weight is 341 g/mol. The van der Waals surface area contributed by atoms with Gasteiger partial charge < -0.3 is 5.32 Å². The summed E-state index contributed by atoms with van der Waals surface area (Å²) in [5, 5.41) is 17.9. The van der Waals surface area contributed by atoms with Crippen molar-refractivity contribution in [2.75, 3.05) is 5.32 Å². The Morgan fingerprint density at radius 3 is 3.00 bits per heavy atom. The van der Waals surface area contributed by atoms with E-state index < -0.39 is 0 Å². The van der Waals surface area contributed by atoms with Crippen LogP contribution in [0.3, 0.4) is 0 Å². The molecule has 0 atom stereocenters. The third-order valence-electron chi connectivity index (χ3n) is 3.36. The van der Waals surface area contributed by atoms with Crippen LogP contribution in [-0.4, -0.2) is 25.7 Å². The highest BCUT2D eigenvalue weighted by molar-refractivity contribution is 7.19. The summed E-state index contributed by atoms with van der Waals surface area (Å²) in [5.41, 5.74) is 2.72. The number of hydrogen-bond acceptors (Lipinski definition) is 6. The van der Waals surface area contributed by atoms with Crippen LogP contribution in [0.2, 0.25) is 0 Å². The van der Waals surface area contributed by atoms with Crippen molar-refractivity contribution in [2.45, 2.75) is 6.92 Å². The first kappa shape index (κ1) is 14.0. The number of carbonyl (C=O) groups is 1. The highest BCUT2D eigenvalue weighted by Crippen LogP contribution is 2.29. The van der Waals surface area contributed by atoms with Gasteiger partial charge in [-0.1, -0.05) is 29.5 Å². The van der Waals surface area contributed by atoms with Gasteiger partial charge in [-0.2, -0.15) is 9.61 Å². The van der Waals surface area contributed by atoms with E-state index in [9.17, 15) is 4.79 Å². The molecule has 0 aliphatic heterocycles. The monoisotopic (exact) mass is 341 g/mol. The van der Waals surface area contributed by atoms with Gasteiger partial charge in [0.25, 0.3) is 5.91 Å². The first-order chi connectivity index (χ1) is 11.2. The van der Waals surface area contributed by atoms with Crippen LogP contribution in [0.1, 0.15) is 15.2 Å². The van der Waals surface area contributed by atoms with Crippen molar-refractivity contribution in [3.63, 3.8) is 0 Å². The van der Waals surface area contributed by atoms with Gasteiger partial charge in [0.1, 0.15) is 11.3 Å². The number of hydrogen-bond donors (Lipinski definition) is 1. The molecule has 23 heavy (non-hydrogen) atoms. The summed E-state index contributed by atoms with van der Waals surface area (Å²) in [6, 6.07) is 9.57. The van der Waals surface area contributed by atoms with Crippen LogP contribution in [0.4, 0.5) is 5.69 Å². The van der Waals surface area contributed by atoms with Crippen molar-refractivity contribution in [1.29, 1.82) is 0 Å². The summed E-state index contributed by atoms with van der Waals surface area (Å²) in [4.78, 5) is 13.7. The van der Waals surface area contributed by atoms with Gasteiger partial charge in [-0.15, -0.1) is 21.5 Å². The minimum Gasteiger partial charge on any atom is -0.321 e. The van der Waals surface area contributed by atoms with Gasteiger partial charge in [0.15, 0.2) is 0 Å². The second-order valence-electron chi connectivity index (χ2n) is 4.93. The van der Waals surface area contributed by atoms with Crippen LogP contribution < -0.4 is 5.32 Å². The largest absolute Gasteiger partial charge is 0.321 e. The maximum Gasteiger partial charge on any atom is 0.265 e. The summed E-state index contributed by atoms with van der Waals surface area (Å²) in [7, 11) is 0. The fourth-order valence-electron chi connectivity index (χ4n) is 2.16. The van der Waals surface area contributed by atoms with E-state index in [4.69, 9.17) is 0 Å². The van der Waals surface area contributed by atoms with Crippen LogP contribution >= 0.6 is 22.7 Å². The van der Waals surface area contributed by atoms with Gasteiger partial charge >= 0.3 is 0 Å². The van der Waals surface area contributed by atoms with E-state index in [1.54, 1.807) is 10.8 Å². The van der Waals surface area contributed by atoms with Gasteiger partial charge in [0, 0.05) is 11.3 Å². The molecule has 1 amide bonds. The number of amides is 1. The van der Waals surface area contributed by atoms with Crippen LogP contribution in [-0.2, 0) is 0 Å². The van der Waals surface area contributed by atoms with Gasteiger partial charge in [0.2, 0.25) is 4.96 Å². The molecule has 0 saturated heterocycles. The maximum absolute atomic E-state index is 12.2. The van der Waals surface area contributed by atoms with Crippen molar-refractivity contribution >= 4 is 39.2 Å². The Kier molecular flexibility index (Phi) is 3.40. The lowest BCUT2D eigenvalue weighted by atomic mass is 10.1. The number of aryl methyl sites for hydroxylation is 1. The zero-order chi connectivity index (χ0) is 15.8. The molecule has 1 aromatic carbocycles. The van der Waals surface area contributed by atoms with Crippen LogP contribution in [0.15, 0.2) is 42.0 Å². The van der Waals surface area contributed by atoms with E-state index in [1.165, 1.54) is 22.7 Å². The predicted octanol–water partition coefficient (Wildman–Crippen LogP) is 3.48. The van der Waals surface area contributed by atoms with E-state index in [1.807, 2.05) is 42.6 Å². The third kappa shape index (κ3) is 2.62. The number of carbonyl (C=O) groups excluding carboxylic acids is 1. The van der Waals surface area contributed by atoms with E-state index in [0.717, 1.165) is 26.8 Å². The molecular formula is C15H11N5OS2. The van der Waals surface area contributed by atoms with E-state index in [2.05, 4.69) is 20.6 Å². The molecule has 4 rings (SSSR count). The second-order valence-corrected chi connectivity index (χ2v) is 6.83. The Labute approximate surface area is 139 Å². The van der Waals surface area contributed by atoms with Gasteiger partial charge in [0.05, 0.1) is 4.88 Å². The molecule has 4 aromatic rings. The average Bonchev–Trinajstić information content (AvgIpc) is 3.25. The molecule has 1 N–H and O–H groups in total. The SMILES string of the molecule is Cc1ccc(-c2nn3cnnc3s2)cc1NC(=O)c1cccs1. The van der Waals surface area contributed by atoms with Crippen LogP contribution in [0.25, 0.3) is 15.5 Å². The number of thiophene rings is 1. The summed E-state index contributed by atoms with van der Waals surface area (Å²) in [5.74, 6) is -0.0987. The summed E-state index contributed by atoms with van der Waals surface area (Å²) in [6.07, 6.45) is 1.57. The van der Waals surface area contributed by atoms with E-state index >= 15 is 0 Å². The summed E-state index contributed by atoms with van der Waals surface area (Å²) < 4.78 is 1.64. The zero-order valence-electron chi connectivity index (χ0n) is 12.1. The first-order valence-electron chi connectivity index (χ1n) is 6.83. The number of nitrogens with one attached hydrogen (secondary N) is 1. The lowest BCUT2D eigenvalue weighted by Gasteiger charge is -2.09. The lowest BCUT2D eigenvalue weighted by molar-refractivity contribution is 0.103. The predicted molar refractivity (Wildman–Crippen MR) is 91.1 cm³/mol. The third-order valence-corrected chi connectivity index (χ3v) is 5.20. The van der Waals surface area contributed by atoms with Crippen LogP contribution in [0, 0.1) is 6.92 Å². The number of anilines is 1. The standard InChI is InChI=1S/C15H11N5OS2/c1-9-4-5-10(14-19-20-8-16-18-15(20)23-14)7-11(9)17-13(21)12-3-2-6-22-12/h2-8H,1H3,(H,17,21). The fourth-order valence-corrected chi connectivity index (χ4v) is 3.59. The van der Waals surface area contributed by atoms with Crippen LogP contribution in [0.5, 0.6) is 0 Å². The highest BCUT2D eigenvalue weighted by atomic mass is 32.1. The smallest absolute Gasteiger partial charge is 0.265 e. The Balaban J connectivity index is 1.67. The molecule has 0 aliphatic carbocycles. The Bertz CT molecular complexity index is 958. The van der Waals surface area contributed by atoms with E-state index in [-0.39, 0.29) is 5.91 Å². The minimum absolute atomic E-state index is 0.0987. The van der Waals surface area contributed by atoms with Crippen molar-refractivity contribution in [3.8, 4) is 10.6 Å². The molecule has 8 heteroatoms. The number of aromatic nitrogens is 4. The van der Waals surface area contributed by atoms with Crippen molar-refractivity contribution in [1.82, 2.24) is 19.8 Å².